The van der Waals surface area contributed by atoms with Gasteiger partial charge in [0.25, 0.3) is 5.91 Å². The molecule has 1 aromatic carbocycles. The topological polar surface area (TPSA) is 54.9 Å². The molecule has 1 N–H and O–H groups in total. The number of nitrogens with zero attached hydrogens (tertiary/aromatic N) is 2. The first kappa shape index (κ1) is 13.3. The highest BCUT2D eigenvalue weighted by molar-refractivity contribution is 9.10. The van der Waals surface area contributed by atoms with Crippen LogP contribution >= 0.6 is 39.1 Å². The van der Waals surface area contributed by atoms with Crippen LogP contribution in [0.1, 0.15) is 10.4 Å². The molecule has 2 aromatic rings. The Labute approximate surface area is 121 Å². The molecule has 0 radical (unpaired) electrons. The van der Waals surface area contributed by atoms with E-state index >= 15 is 0 Å². The van der Waals surface area contributed by atoms with Crippen molar-refractivity contribution in [3.63, 3.8) is 0 Å². The lowest BCUT2D eigenvalue weighted by atomic mass is 10.2. The second-order valence-electron chi connectivity index (χ2n) is 3.27. The second kappa shape index (κ2) is 5.65. The van der Waals surface area contributed by atoms with Gasteiger partial charge < -0.3 is 5.32 Å². The normalized spacial score (nSPS) is 10.2. The standard InChI is InChI=1S/C11H6BrCl2N3O/c12-6-1-2-7(8(13)5-6)11(18)17-10-9(14)15-3-4-16-10/h1-5H,(H,16,17,18). The van der Waals surface area contributed by atoms with Crippen LogP contribution in [0.5, 0.6) is 0 Å². The zero-order chi connectivity index (χ0) is 13.1. The predicted octanol–water partition coefficient (Wildman–Crippen LogP) is 3.80. The Morgan fingerprint density at radius 2 is 1.94 bits per heavy atom. The van der Waals surface area contributed by atoms with Crippen LogP contribution in [-0.4, -0.2) is 15.9 Å². The number of rotatable bonds is 2. The number of hydrogen-bond acceptors (Lipinski definition) is 3. The number of carbonyl (C=O) groups excluding carboxylic acids is 1. The molecule has 0 aliphatic rings. The number of aromatic nitrogens is 2. The Morgan fingerprint density at radius 1 is 1.22 bits per heavy atom. The van der Waals surface area contributed by atoms with Gasteiger partial charge >= 0.3 is 0 Å². The fraction of sp³-hybridized carbons (Fsp3) is 0. The third kappa shape index (κ3) is 2.98. The summed E-state index contributed by atoms with van der Waals surface area (Å²) in [4.78, 5) is 19.7. The fourth-order valence-corrected chi connectivity index (χ4v) is 2.17. The molecule has 0 aliphatic heterocycles. The summed E-state index contributed by atoms with van der Waals surface area (Å²) in [5.41, 5.74) is 0.335. The minimum absolute atomic E-state index is 0.124. The molecule has 92 valence electrons. The lowest BCUT2D eigenvalue weighted by Gasteiger charge is -2.06. The summed E-state index contributed by atoms with van der Waals surface area (Å²) in [6.45, 7) is 0. The number of carbonyl (C=O) groups is 1. The minimum Gasteiger partial charge on any atom is -0.304 e. The Morgan fingerprint density at radius 3 is 2.61 bits per heavy atom. The molecule has 0 saturated carbocycles. The molecule has 0 aliphatic carbocycles. The number of amides is 1. The van der Waals surface area contributed by atoms with Crippen molar-refractivity contribution in [1.82, 2.24) is 9.97 Å². The molecule has 1 heterocycles. The van der Waals surface area contributed by atoms with Gasteiger partial charge in [0.05, 0.1) is 10.6 Å². The van der Waals surface area contributed by atoms with Gasteiger partial charge in [0, 0.05) is 16.9 Å². The van der Waals surface area contributed by atoms with Crippen molar-refractivity contribution in [1.29, 1.82) is 0 Å². The number of nitrogens with one attached hydrogen (secondary N) is 1. The first-order chi connectivity index (χ1) is 8.58. The van der Waals surface area contributed by atoms with Crippen LogP contribution in [0.2, 0.25) is 10.2 Å². The van der Waals surface area contributed by atoms with Crippen molar-refractivity contribution in [3.8, 4) is 0 Å². The summed E-state index contributed by atoms with van der Waals surface area (Å²) in [7, 11) is 0. The molecule has 0 bridgehead atoms. The van der Waals surface area contributed by atoms with Crippen LogP contribution in [-0.2, 0) is 0 Å². The maximum absolute atomic E-state index is 12.0. The van der Waals surface area contributed by atoms with Gasteiger partial charge in [-0.25, -0.2) is 9.97 Å². The molecule has 0 spiro atoms. The lowest BCUT2D eigenvalue weighted by molar-refractivity contribution is 0.102. The Bertz CT molecular complexity index is 607. The summed E-state index contributed by atoms with van der Waals surface area (Å²) in [5.74, 6) is -0.196. The first-order valence-corrected chi connectivity index (χ1v) is 6.35. The van der Waals surface area contributed by atoms with E-state index < -0.39 is 5.91 Å². The Kier molecular flexibility index (Phi) is 4.16. The van der Waals surface area contributed by atoms with Crippen molar-refractivity contribution < 1.29 is 4.79 Å². The van der Waals surface area contributed by atoms with Gasteiger partial charge in [-0.15, -0.1) is 0 Å². The zero-order valence-corrected chi connectivity index (χ0v) is 11.9. The summed E-state index contributed by atoms with van der Waals surface area (Å²) < 4.78 is 0.793. The molecular weight excluding hydrogens is 341 g/mol. The van der Waals surface area contributed by atoms with Gasteiger partial charge in [-0.05, 0) is 18.2 Å². The van der Waals surface area contributed by atoms with Crippen LogP contribution in [0.25, 0.3) is 0 Å². The molecule has 4 nitrogen and oxygen atoms in total. The van der Waals surface area contributed by atoms with Crippen molar-refractivity contribution in [2.24, 2.45) is 0 Å². The van der Waals surface area contributed by atoms with E-state index in [9.17, 15) is 4.79 Å². The van der Waals surface area contributed by atoms with Gasteiger partial charge in [-0.3, -0.25) is 4.79 Å². The molecule has 7 heteroatoms. The number of hydrogen-bond donors (Lipinski definition) is 1. The number of anilines is 1. The molecule has 18 heavy (non-hydrogen) atoms. The highest BCUT2D eigenvalue weighted by Gasteiger charge is 2.13. The van der Waals surface area contributed by atoms with Crippen molar-refractivity contribution >= 4 is 50.9 Å². The highest BCUT2D eigenvalue weighted by atomic mass is 79.9. The van der Waals surface area contributed by atoms with Crippen LogP contribution in [0.3, 0.4) is 0 Å². The van der Waals surface area contributed by atoms with Gasteiger partial charge in [0.2, 0.25) is 0 Å². The van der Waals surface area contributed by atoms with E-state index in [4.69, 9.17) is 23.2 Å². The molecule has 0 fully saturated rings. The van der Waals surface area contributed by atoms with E-state index in [0.29, 0.717) is 10.6 Å². The SMILES string of the molecule is O=C(Nc1nccnc1Cl)c1ccc(Br)cc1Cl. The van der Waals surface area contributed by atoms with Gasteiger partial charge in [-0.2, -0.15) is 0 Å². The fourth-order valence-electron chi connectivity index (χ4n) is 1.25. The highest BCUT2D eigenvalue weighted by Crippen LogP contribution is 2.23. The van der Waals surface area contributed by atoms with E-state index in [2.05, 4.69) is 31.2 Å². The summed E-state index contributed by atoms with van der Waals surface area (Å²) in [6, 6.07) is 4.96. The van der Waals surface area contributed by atoms with Crippen molar-refractivity contribution in [3.05, 3.63) is 50.8 Å². The number of benzene rings is 1. The minimum atomic E-state index is -0.394. The summed E-state index contributed by atoms with van der Waals surface area (Å²) >= 11 is 15.0. The third-order valence-electron chi connectivity index (χ3n) is 2.06. The lowest BCUT2D eigenvalue weighted by Crippen LogP contribution is -2.14. The average molecular weight is 347 g/mol. The predicted molar refractivity (Wildman–Crippen MR) is 74.1 cm³/mol. The van der Waals surface area contributed by atoms with E-state index in [0.717, 1.165) is 4.47 Å². The number of halogens is 3. The monoisotopic (exact) mass is 345 g/mol. The summed E-state index contributed by atoms with van der Waals surface area (Å²) in [6.07, 6.45) is 2.87. The van der Waals surface area contributed by atoms with Crippen LogP contribution in [0.4, 0.5) is 5.82 Å². The summed E-state index contributed by atoms with van der Waals surface area (Å²) in [5, 5.41) is 3.00. The van der Waals surface area contributed by atoms with Crippen LogP contribution in [0, 0.1) is 0 Å². The van der Waals surface area contributed by atoms with Gasteiger partial charge in [-0.1, -0.05) is 39.1 Å². The van der Waals surface area contributed by atoms with E-state index in [-0.39, 0.29) is 11.0 Å². The largest absolute Gasteiger partial charge is 0.304 e. The molecule has 0 atom stereocenters. The first-order valence-electron chi connectivity index (χ1n) is 4.81. The van der Waals surface area contributed by atoms with Crippen LogP contribution < -0.4 is 5.32 Å². The smallest absolute Gasteiger partial charge is 0.258 e. The zero-order valence-electron chi connectivity index (χ0n) is 8.82. The van der Waals surface area contributed by atoms with Gasteiger partial charge in [0.15, 0.2) is 11.0 Å². The van der Waals surface area contributed by atoms with Crippen molar-refractivity contribution in [2.75, 3.05) is 5.32 Å². The van der Waals surface area contributed by atoms with E-state index in [1.165, 1.54) is 12.4 Å². The maximum Gasteiger partial charge on any atom is 0.258 e. The Hall–Kier alpha value is -1.17. The molecule has 1 amide bonds. The third-order valence-corrected chi connectivity index (χ3v) is 3.14. The Balaban J connectivity index is 2.25. The molecule has 1 aromatic heterocycles. The molecule has 0 saturated heterocycles. The van der Waals surface area contributed by atoms with E-state index in [1.54, 1.807) is 18.2 Å². The average Bonchev–Trinajstić information content (AvgIpc) is 2.32. The van der Waals surface area contributed by atoms with Crippen molar-refractivity contribution in [2.45, 2.75) is 0 Å². The molecular formula is C11H6BrCl2N3O. The molecule has 2 rings (SSSR count). The quantitative estimate of drug-likeness (QED) is 0.899. The van der Waals surface area contributed by atoms with Crippen LogP contribution in [0.15, 0.2) is 35.1 Å². The van der Waals surface area contributed by atoms with Gasteiger partial charge in [0.1, 0.15) is 0 Å². The molecule has 0 unspecified atom stereocenters. The maximum atomic E-state index is 12.0. The van der Waals surface area contributed by atoms with E-state index in [1.807, 2.05) is 0 Å². The second-order valence-corrected chi connectivity index (χ2v) is 4.95.